The summed E-state index contributed by atoms with van der Waals surface area (Å²) >= 11 is 0. The highest BCUT2D eigenvalue weighted by atomic mass is 16.8. The second-order valence-electron chi connectivity index (χ2n) is 8.87. The number of carbonyl (C=O) groups is 1. The molecule has 1 saturated heterocycles. The van der Waals surface area contributed by atoms with Crippen LogP contribution in [-0.4, -0.2) is 46.5 Å². The van der Waals surface area contributed by atoms with Crippen LogP contribution in [0.4, 0.5) is 10.6 Å². The molecule has 0 radical (unpaired) electrons. The number of rotatable bonds is 3. The summed E-state index contributed by atoms with van der Waals surface area (Å²) in [4.78, 5) is 23.1. The maximum absolute atomic E-state index is 11.0. The number of benzene rings is 1. The fourth-order valence-electron chi connectivity index (χ4n) is 4.69. The van der Waals surface area contributed by atoms with E-state index in [1.54, 1.807) is 5.06 Å². The molecule has 1 aromatic carbocycles. The van der Waals surface area contributed by atoms with Gasteiger partial charge in [-0.05, 0) is 41.0 Å². The Hall–Kier alpha value is -2.60. The highest BCUT2D eigenvalue weighted by Gasteiger charge is 2.64. The van der Waals surface area contributed by atoms with Crippen LogP contribution in [0, 0.1) is 11.3 Å². The van der Waals surface area contributed by atoms with Crippen LogP contribution < -0.4 is 4.90 Å². The number of hydrogen-bond donors (Lipinski definition) is 1. The van der Waals surface area contributed by atoms with Crippen LogP contribution >= 0.6 is 0 Å². The van der Waals surface area contributed by atoms with E-state index in [4.69, 9.17) is 9.94 Å². The summed E-state index contributed by atoms with van der Waals surface area (Å²) in [5.74, 6) is 1.39. The van der Waals surface area contributed by atoms with Crippen molar-refractivity contribution in [3.05, 3.63) is 48.7 Å². The Balaban J connectivity index is 1.66. The van der Waals surface area contributed by atoms with Gasteiger partial charge in [-0.1, -0.05) is 51.1 Å². The van der Waals surface area contributed by atoms with Crippen molar-refractivity contribution in [2.75, 3.05) is 24.5 Å². The molecular weight excluding hydrogens is 354 g/mol. The standard InChI is InChI=1S/C22H27N3O3/c1-21(2,3)18-14-22(18)15-24(28-20(26)27)11-12-25(22)19-13-17(9-10-23-19)16-7-5-4-6-8-16/h4-10,13,18H,11-12,14-15H2,1-3H3,(H,26,27). The molecule has 148 valence electrons. The average Bonchev–Trinajstić information content (AvgIpc) is 3.37. The second kappa shape index (κ2) is 6.78. The Morgan fingerprint density at radius 2 is 1.93 bits per heavy atom. The molecule has 0 amide bonds. The van der Waals surface area contributed by atoms with Gasteiger partial charge in [-0.15, -0.1) is 5.06 Å². The number of anilines is 1. The molecule has 2 fully saturated rings. The Kier molecular flexibility index (Phi) is 4.54. The highest BCUT2D eigenvalue weighted by Crippen LogP contribution is 2.59. The summed E-state index contributed by atoms with van der Waals surface area (Å²) < 4.78 is 0. The van der Waals surface area contributed by atoms with Gasteiger partial charge >= 0.3 is 6.16 Å². The molecule has 6 nitrogen and oxygen atoms in total. The number of aromatic nitrogens is 1. The molecule has 6 heteroatoms. The zero-order valence-corrected chi connectivity index (χ0v) is 16.6. The molecule has 1 spiro atoms. The third kappa shape index (κ3) is 3.44. The van der Waals surface area contributed by atoms with E-state index in [1.165, 1.54) is 0 Å². The maximum Gasteiger partial charge on any atom is 0.525 e. The summed E-state index contributed by atoms with van der Waals surface area (Å²) in [6.07, 6.45) is 1.62. The van der Waals surface area contributed by atoms with E-state index in [-0.39, 0.29) is 11.0 Å². The summed E-state index contributed by atoms with van der Waals surface area (Å²) in [6.45, 7) is 8.52. The maximum atomic E-state index is 11.0. The van der Waals surface area contributed by atoms with Gasteiger partial charge in [-0.25, -0.2) is 9.78 Å². The summed E-state index contributed by atoms with van der Waals surface area (Å²) in [6, 6.07) is 14.5. The first-order chi connectivity index (χ1) is 13.3. The molecule has 4 rings (SSSR count). The predicted octanol–water partition coefficient (Wildman–Crippen LogP) is 4.29. The number of hydrogen-bond acceptors (Lipinski definition) is 5. The lowest BCUT2D eigenvalue weighted by Gasteiger charge is -2.43. The van der Waals surface area contributed by atoms with Gasteiger partial charge in [0.2, 0.25) is 0 Å². The molecule has 2 unspecified atom stereocenters. The van der Waals surface area contributed by atoms with Crippen molar-refractivity contribution >= 4 is 12.0 Å². The van der Waals surface area contributed by atoms with Crippen LogP contribution in [0.3, 0.4) is 0 Å². The monoisotopic (exact) mass is 381 g/mol. The van der Waals surface area contributed by atoms with Crippen LogP contribution in [0.15, 0.2) is 48.7 Å². The number of carboxylic acid groups (broad SMARTS) is 1. The number of nitrogens with zero attached hydrogens (tertiary/aromatic N) is 3. The van der Waals surface area contributed by atoms with Crippen LogP contribution in [-0.2, 0) is 4.84 Å². The summed E-state index contributed by atoms with van der Waals surface area (Å²) in [5.41, 5.74) is 2.28. The van der Waals surface area contributed by atoms with Gasteiger partial charge in [0, 0.05) is 12.7 Å². The van der Waals surface area contributed by atoms with Crippen molar-refractivity contribution in [1.29, 1.82) is 0 Å². The fraction of sp³-hybridized carbons (Fsp3) is 0.455. The van der Waals surface area contributed by atoms with Gasteiger partial charge in [0.25, 0.3) is 0 Å². The van der Waals surface area contributed by atoms with E-state index in [9.17, 15) is 4.79 Å². The highest BCUT2D eigenvalue weighted by molar-refractivity contribution is 5.67. The van der Waals surface area contributed by atoms with Gasteiger partial charge in [-0.2, -0.15) is 0 Å². The topological polar surface area (TPSA) is 65.9 Å². The van der Waals surface area contributed by atoms with Crippen molar-refractivity contribution in [3.8, 4) is 11.1 Å². The van der Waals surface area contributed by atoms with E-state index >= 15 is 0 Å². The molecule has 1 N–H and O–H groups in total. The van der Waals surface area contributed by atoms with E-state index in [0.717, 1.165) is 23.4 Å². The molecule has 0 bridgehead atoms. The second-order valence-corrected chi connectivity index (χ2v) is 8.87. The molecule has 1 aliphatic carbocycles. The van der Waals surface area contributed by atoms with Gasteiger partial charge in [0.05, 0.1) is 18.6 Å². The van der Waals surface area contributed by atoms with Crippen molar-refractivity contribution in [3.63, 3.8) is 0 Å². The summed E-state index contributed by atoms with van der Waals surface area (Å²) in [7, 11) is 0. The first-order valence-electron chi connectivity index (χ1n) is 9.74. The lowest BCUT2D eigenvalue weighted by molar-refractivity contribution is -0.133. The third-order valence-corrected chi connectivity index (χ3v) is 5.99. The predicted molar refractivity (Wildman–Crippen MR) is 108 cm³/mol. The van der Waals surface area contributed by atoms with Crippen molar-refractivity contribution < 1.29 is 14.7 Å². The lowest BCUT2D eigenvalue weighted by Crippen LogP contribution is -2.57. The largest absolute Gasteiger partial charge is 0.525 e. The third-order valence-electron chi connectivity index (χ3n) is 5.99. The van der Waals surface area contributed by atoms with Gasteiger partial charge < -0.3 is 14.8 Å². The number of hydroxylamine groups is 2. The smallest absolute Gasteiger partial charge is 0.448 e. The Morgan fingerprint density at radius 1 is 1.18 bits per heavy atom. The van der Waals surface area contributed by atoms with Gasteiger partial charge in [-0.3, -0.25) is 0 Å². The molecule has 2 aliphatic rings. The van der Waals surface area contributed by atoms with Crippen LogP contribution in [0.5, 0.6) is 0 Å². The zero-order valence-electron chi connectivity index (χ0n) is 16.6. The molecular formula is C22H27N3O3. The van der Waals surface area contributed by atoms with Gasteiger partial charge in [0.1, 0.15) is 5.82 Å². The molecule has 1 aromatic heterocycles. The minimum absolute atomic E-state index is 0.127. The van der Waals surface area contributed by atoms with Gasteiger partial charge in [0.15, 0.2) is 0 Å². The Morgan fingerprint density at radius 3 is 2.57 bits per heavy atom. The SMILES string of the molecule is CC(C)(C)C1CC12CN(OC(=O)O)CCN2c1cc(-c2ccccc2)ccn1. The normalized spacial score (nSPS) is 25.0. The first-order valence-corrected chi connectivity index (χ1v) is 9.74. The molecule has 2 heterocycles. The Labute approximate surface area is 165 Å². The van der Waals surface area contributed by atoms with Crippen LogP contribution in [0.25, 0.3) is 11.1 Å². The van der Waals surface area contributed by atoms with Crippen LogP contribution in [0.1, 0.15) is 27.2 Å². The molecule has 28 heavy (non-hydrogen) atoms. The molecule has 2 atom stereocenters. The van der Waals surface area contributed by atoms with E-state index in [1.807, 2.05) is 30.5 Å². The molecule has 2 aromatic rings. The first kappa shape index (κ1) is 18.7. The summed E-state index contributed by atoms with van der Waals surface area (Å²) in [5, 5.41) is 10.6. The minimum atomic E-state index is -1.25. The van der Waals surface area contributed by atoms with Crippen molar-refractivity contribution in [2.45, 2.75) is 32.7 Å². The molecule has 1 saturated carbocycles. The van der Waals surface area contributed by atoms with E-state index in [0.29, 0.717) is 25.6 Å². The van der Waals surface area contributed by atoms with Crippen LogP contribution in [0.2, 0.25) is 0 Å². The fourth-order valence-corrected chi connectivity index (χ4v) is 4.69. The average molecular weight is 381 g/mol. The quantitative estimate of drug-likeness (QED) is 0.856. The van der Waals surface area contributed by atoms with Crippen molar-refractivity contribution in [2.24, 2.45) is 11.3 Å². The van der Waals surface area contributed by atoms with E-state index < -0.39 is 6.16 Å². The van der Waals surface area contributed by atoms with Crippen molar-refractivity contribution in [1.82, 2.24) is 10.0 Å². The molecule has 1 aliphatic heterocycles. The number of pyridine rings is 1. The Bertz CT molecular complexity index is 865. The minimum Gasteiger partial charge on any atom is -0.448 e. The number of piperazine rings is 1. The lowest BCUT2D eigenvalue weighted by atomic mass is 9.86. The zero-order chi connectivity index (χ0) is 19.9. The van der Waals surface area contributed by atoms with E-state index in [2.05, 4.69) is 48.9 Å².